The lowest BCUT2D eigenvalue weighted by atomic mass is 10.2. The number of carbonyl (C=O) groups is 2. The molecule has 1 aromatic heterocycles. The number of ketones is 1. The maximum absolute atomic E-state index is 11.9. The van der Waals surface area contributed by atoms with Crippen molar-refractivity contribution < 1.29 is 9.59 Å². The van der Waals surface area contributed by atoms with Crippen molar-refractivity contribution in [3.63, 3.8) is 0 Å². The Bertz CT molecular complexity index is 587. The third-order valence-corrected chi connectivity index (χ3v) is 3.89. The largest absolute Gasteiger partial charge is 0.358 e. The second-order valence-corrected chi connectivity index (χ2v) is 5.21. The number of fused-ring (bicyclic) bond motifs is 1. The van der Waals surface area contributed by atoms with E-state index in [0.29, 0.717) is 5.75 Å². The van der Waals surface area contributed by atoms with Gasteiger partial charge in [0.05, 0.1) is 12.2 Å². The Labute approximate surface area is 108 Å². The number of amides is 1. The number of aromatic nitrogens is 1. The minimum atomic E-state index is -0.441. The van der Waals surface area contributed by atoms with Gasteiger partial charge in [0.15, 0.2) is 5.78 Å². The quantitative estimate of drug-likeness (QED) is 0.877. The molecule has 0 aliphatic carbocycles. The molecule has 1 unspecified atom stereocenters. The fraction of sp³-hybridized carbons (Fsp3) is 0.154. The van der Waals surface area contributed by atoms with Crippen LogP contribution in [0.1, 0.15) is 5.69 Å². The van der Waals surface area contributed by atoms with Gasteiger partial charge >= 0.3 is 0 Å². The highest BCUT2D eigenvalue weighted by Gasteiger charge is 2.28. The highest BCUT2D eigenvalue weighted by atomic mass is 32.2. The van der Waals surface area contributed by atoms with Crippen LogP contribution in [0.2, 0.25) is 0 Å². The van der Waals surface area contributed by atoms with Crippen molar-refractivity contribution in [2.24, 2.45) is 0 Å². The summed E-state index contributed by atoms with van der Waals surface area (Å²) in [6.45, 7) is 0. The predicted octanol–water partition coefficient (Wildman–Crippen LogP) is 1.48. The van der Waals surface area contributed by atoms with Crippen LogP contribution in [0, 0.1) is 6.42 Å². The van der Waals surface area contributed by atoms with Gasteiger partial charge < -0.3 is 10.3 Å². The molecule has 1 radical (unpaired) electrons. The first-order valence-electron chi connectivity index (χ1n) is 5.60. The van der Waals surface area contributed by atoms with Gasteiger partial charge in [-0.05, 0) is 17.5 Å². The lowest BCUT2D eigenvalue weighted by molar-refractivity contribution is -0.122. The molecule has 1 aliphatic heterocycles. The monoisotopic (exact) mass is 259 g/mol. The molecule has 2 N–H and O–H groups in total. The zero-order valence-corrected chi connectivity index (χ0v) is 10.3. The van der Waals surface area contributed by atoms with Gasteiger partial charge in [0.1, 0.15) is 5.37 Å². The van der Waals surface area contributed by atoms with Crippen LogP contribution in [0.3, 0.4) is 0 Å². The van der Waals surface area contributed by atoms with Gasteiger partial charge in [-0.25, -0.2) is 0 Å². The topological polar surface area (TPSA) is 62.0 Å². The van der Waals surface area contributed by atoms with Gasteiger partial charge in [-0.1, -0.05) is 18.2 Å². The summed E-state index contributed by atoms with van der Waals surface area (Å²) >= 11 is 1.33. The number of H-pyrrole nitrogens is 1. The average Bonchev–Trinajstić information content (AvgIpc) is 2.94. The van der Waals surface area contributed by atoms with E-state index < -0.39 is 5.37 Å². The number of Topliss-reactive ketones (excluding diaryl/α,β-unsaturated/α-hetero) is 1. The number of nitrogens with one attached hydrogen (secondary N) is 2. The number of para-hydroxylation sites is 1. The van der Waals surface area contributed by atoms with Crippen molar-refractivity contribution in [3.8, 4) is 0 Å². The SMILES string of the molecule is O=C1CSC(C(=O)[CH]c2cc3ccccc3[nH]2)N1. The second kappa shape index (κ2) is 4.49. The molecule has 2 aromatic rings. The number of aromatic amines is 1. The molecule has 0 bridgehead atoms. The van der Waals surface area contributed by atoms with Crippen LogP contribution in [0.25, 0.3) is 10.9 Å². The fourth-order valence-corrected chi connectivity index (χ4v) is 2.79. The number of thioether (sulfide) groups is 1. The first-order valence-corrected chi connectivity index (χ1v) is 6.64. The summed E-state index contributed by atoms with van der Waals surface area (Å²) in [5.74, 6) is 0.192. The Morgan fingerprint density at radius 2 is 2.22 bits per heavy atom. The van der Waals surface area contributed by atoms with Crippen LogP contribution in [-0.4, -0.2) is 27.8 Å². The molecule has 1 saturated heterocycles. The van der Waals surface area contributed by atoms with E-state index in [1.165, 1.54) is 11.8 Å². The highest BCUT2D eigenvalue weighted by molar-refractivity contribution is 8.01. The standard InChI is InChI=1S/C13H11N2O2S/c16-11(13-15-12(17)7-18-13)6-9-5-8-3-1-2-4-10(8)14-9/h1-6,13-14H,7H2,(H,15,17). The number of hydrogen-bond acceptors (Lipinski definition) is 3. The first-order chi connectivity index (χ1) is 8.72. The van der Waals surface area contributed by atoms with E-state index >= 15 is 0 Å². The van der Waals surface area contributed by atoms with E-state index in [9.17, 15) is 9.59 Å². The molecule has 91 valence electrons. The molecule has 1 fully saturated rings. The molecule has 18 heavy (non-hydrogen) atoms. The van der Waals surface area contributed by atoms with E-state index in [1.54, 1.807) is 6.42 Å². The molecule has 1 aromatic carbocycles. The smallest absolute Gasteiger partial charge is 0.231 e. The maximum atomic E-state index is 11.9. The number of benzene rings is 1. The van der Waals surface area contributed by atoms with Crippen molar-refractivity contribution >= 4 is 34.4 Å². The van der Waals surface area contributed by atoms with E-state index in [1.807, 2.05) is 30.3 Å². The zero-order chi connectivity index (χ0) is 12.5. The van der Waals surface area contributed by atoms with Gasteiger partial charge in [0.2, 0.25) is 5.91 Å². The van der Waals surface area contributed by atoms with Gasteiger partial charge in [0.25, 0.3) is 0 Å². The third kappa shape index (κ3) is 2.13. The molecule has 1 amide bonds. The van der Waals surface area contributed by atoms with Crippen LogP contribution in [-0.2, 0) is 9.59 Å². The van der Waals surface area contributed by atoms with Crippen LogP contribution >= 0.6 is 11.8 Å². The van der Waals surface area contributed by atoms with E-state index in [2.05, 4.69) is 10.3 Å². The minimum Gasteiger partial charge on any atom is -0.358 e. The lowest BCUT2D eigenvalue weighted by Crippen LogP contribution is -2.32. The Kier molecular flexibility index (Phi) is 2.83. The number of hydrogen-bond donors (Lipinski definition) is 2. The van der Waals surface area contributed by atoms with Crippen molar-refractivity contribution in [3.05, 3.63) is 42.4 Å². The Balaban J connectivity index is 1.75. The maximum Gasteiger partial charge on any atom is 0.231 e. The molecule has 2 heterocycles. The van der Waals surface area contributed by atoms with Crippen LogP contribution < -0.4 is 5.32 Å². The molecule has 1 aliphatic rings. The van der Waals surface area contributed by atoms with Gasteiger partial charge in [-0.2, -0.15) is 0 Å². The van der Waals surface area contributed by atoms with Crippen LogP contribution in [0.15, 0.2) is 30.3 Å². The van der Waals surface area contributed by atoms with Crippen LogP contribution in [0.4, 0.5) is 0 Å². The summed E-state index contributed by atoms with van der Waals surface area (Å²) in [6, 6.07) is 9.77. The van der Waals surface area contributed by atoms with Crippen molar-refractivity contribution in [2.45, 2.75) is 5.37 Å². The predicted molar refractivity (Wildman–Crippen MR) is 71.1 cm³/mol. The van der Waals surface area contributed by atoms with Gasteiger partial charge in [-0.3, -0.25) is 9.59 Å². The normalized spacial score (nSPS) is 19.1. The molecule has 5 heteroatoms. The Morgan fingerprint density at radius 3 is 2.94 bits per heavy atom. The van der Waals surface area contributed by atoms with E-state index in [0.717, 1.165) is 16.6 Å². The van der Waals surface area contributed by atoms with Crippen molar-refractivity contribution in [1.82, 2.24) is 10.3 Å². The van der Waals surface area contributed by atoms with Crippen LogP contribution in [0.5, 0.6) is 0 Å². The molecular weight excluding hydrogens is 248 g/mol. The first kappa shape index (κ1) is 11.3. The summed E-state index contributed by atoms with van der Waals surface area (Å²) in [5.41, 5.74) is 1.77. The summed E-state index contributed by atoms with van der Waals surface area (Å²) < 4.78 is 0. The fourth-order valence-electron chi connectivity index (χ4n) is 1.94. The average molecular weight is 259 g/mol. The molecular formula is C13H11N2O2S. The number of rotatable bonds is 3. The van der Waals surface area contributed by atoms with E-state index in [4.69, 9.17) is 0 Å². The van der Waals surface area contributed by atoms with Gasteiger partial charge in [0, 0.05) is 11.2 Å². The minimum absolute atomic E-state index is 0.0802. The Hall–Kier alpha value is -1.75. The zero-order valence-electron chi connectivity index (χ0n) is 9.47. The molecule has 4 nitrogen and oxygen atoms in total. The molecule has 0 saturated carbocycles. The summed E-state index contributed by atoms with van der Waals surface area (Å²) in [5, 5.41) is 3.27. The summed E-state index contributed by atoms with van der Waals surface area (Å²) in [7, 11) is 0. The molecule has 0 spiro atoms. The van der Waals surface area contributed by atoms with Crippen molar-refractivity contribution in [1.29, 1.82) is 0 Å². The van der Waals surface area contributed by atoms with E-state index in [-0.39, 0.29) is 11.7 Å². The van der Waals surface area contributed by atoms with Gasteiger partial charge in [-0.15, -0.1) is 11.8 Å². The Morgan fingerprint density at radius 1 is 1.39 bits per heavy atom. The number of carbonyl (C=O) groups excluding carboxylic acids is 2. The summed E-state index contributed by atoms with van der Waals surface area (Å²) in [6.07, 6.45) is 1.54. The molecule has 3 rings (SSSR count). The second-order valence-electron chi connectivity index (χ2n) is 4.12. The summed E-state index contributed by atoms with van der Waals surface area (Å²) in [4.78, 5) is 26.1. The highest BCUT2D eigenvalue weighted by Crippen LogP contribution is 2.20. The third-order valence-electron chi connectivity index (χ3n) is 2.78. The molecule has 1 atom stereocenters. The van der Waals surface area contributed by atoms with Crippen molar-refractivity contribution in [2.75, 3.05) is 5.75 Å². The lowest BCUT2D eigenvalue weighted by Gasteiger charge is -2.05.